The minimum absolute atomic E-state index is 0.0414. The van der Waals surface area contributed by atoms with Crippen molar-refractivity contribution in [1.82, 2.24) is 4.98 Å². The molecule has 0 aliphatic heterocycles. The van der Waals surface area contributed by atoms with E-state index in [2.05, 4.69) is 49.6 Å². The second-order valence-electron chi connectivity index (χ2n) is 12.8. The Morgan fingerprint density at radius 3 is 2.13 bits per heavy atom. The fraction of sp³-hybridized carbons (Fsp3) is 0.355. The van der Waals surface area contributed by atoms with Crippen LogP contribution in [0.1, 0.15) is 16.8 Å². The summed E-state index contributed by atoms with van der Waals surface area (Å²) in [6.07, 6.45) is 4.10. The Morgan fingerprint density at radius 2 is 1.56 bits per heavy atom. The van der Waals surface area contributed by atoms with Crippen LogP contribution in [0.25, 0.3) is 12.2 Å². The number of nitrogens with zero attached hydrogens (tertiary/aromatic N) is 1. The van der Waals surface area contributed by atoms with Gasteiger partial charge >= 0.3 is 19.9 Å². The van der Waals surface area contributed by atoms with Crippen LogP contribution in [-0.4, -0.2) is 50.2 Å². The predicted molar refractivity (Wildman–Crippen MR) is 179 cm³/mol. The van der Waals surface area contributed by atoms with Gasteiger partial charge in [-0.25, -0.2) is 13.8 Å². The molecular formula is C31H42FN2O8PSi2. The molecule has 3 N–H and O–H groups in total. The van der Waals surface area contributed by atoms with E-state index in [-0.39, 0.29) is 18.8 Å². The van der Waals surface area contributed by atoms with E-state index in [0.29, 0.717) is 23.5 Å². The number of benzene rings is 2. The molecule has 0 aliphatic carbocycles. The molecule has 45 heavy (non-hydrogen) atoms. The van der Waals surface area contributed by atoms with Crippen LogP contribution in [-0.2, 0) is 24.7 Å². The third-order valence-corrected chi connectivity index (χ3v) is 10.2. The summed E-state index contributed by atoms with van der Waals surface area (Å²) < 4.78 is 49.8. The number of ether oxygens (including phenoxy) is 3. The van der Waals surface area contributed by atoms with Crippen molar-refractivity contribution in [3.05, 3.63) is 89.5 Å². The standard InChI is InChI=1S/C31H42FN2O8PSi2/c1-44(2,3)21-19-39-31(40-20-22-45(4,5)6,26-23-25(32)15-17-29(26)42-43(36,37)38)41-30(35)34-28-13-10-18-33-27(28)16-14-24-11-8-7-9-12-24/h7-18,23H,19-22H2,1-6H3,(H,34,35)(H2,36,37,38). The molecule has 0 radical (unpaired) electrons. The molecule has 0 unspecified atom stereocenters. The normalized spacial score (nSPS) is 12.7. The number of hydrogen-bond donors (Lipinski definition) is 3. The first-order valence-corrected chi connectivity index (χ1v) is 23.4. The number of carbonyl (C=O) groups excluding carboxylic acids is 1. The van der Waals surface area contributed by atoms with Gasteiger partial charge in [0.25, 0.3) is 0 Å². The number of anilines is 1. The van der Waals surface area contributed by atoms with Gasteiger partial charge in [-0.15, -0.1) is 0 Å². The average molecular weight is 677 g/mol. The van der Waals surface area contributed by atoms with Crippen LogP contribution >= 0.6 is 7.82 Å². The van der Waals surface area contributed by atoms with Crippen LogP contribution in [0.3, 0.4) is 0 Å². The Hall–Kier alpha value is -3.17. The van der Waals surface area contributed by atoms with Gasteiger partial charge in [-0.3, -0.25) is 20.1 Å². The monoisotopic (exact) mass is 676 g/mol. The first-order chi connectivity index (χ1) is 20.9. The van der Waals surface area contributed by atoms with Gasteiger partial charge in [0, 0.05) is 22.3 Å². The summed E-state index contributed by atoms with van der Waals surface area (Å²) in [5.74, 6) is -3.68. The molecule has 10 nitrogen and oxygen atoms in total. The molecule has 0 aliphatic rings. The summed E-state index contributed by atoms with van der Waals surface area (Å²) in [5, 5.41) is 2.66. The number of pyridine rings is 1. The van der Waals surface area contributed by atoms with Crippen molar-refractivity contribution < 1.29 is 42.3 Å². The number of rotatable bonds is 15. The highest BCUT2D eigenvalue weighted by Gasteiger charge is 2.44. The number of phosphoric acid groups is 1. The van der Waals surface area contributed by atoms with Crippen molar-refractivity contribution >= 4 is 47.9 Å². The fourth-order valence-electron chi connectivity index (χ4n) is 3.90. The van der Waals surface area contributed by atoms with Crippen LogP contribution in [0.5, 0.6) is 5.75 Å². The summed E-state index contributed by atoms with van der Waals surface area (Å²) in [6.45, 7) is 12.8. The summed E-state index contributed by atoms with van der Waals surface area (Å²) in [5.41, 5.74) is 1.31. The number of halogens is 1. The van der Waals surface area contributed by atoms with Crippen LogP contribution in [0, 0.1) is 5.82 Å². The molecule has 1 amide bonds. The minimum atomic E-state index is -5.12. The summed E-state index contributed by atoms with van der Waals surface area (Å²) in [6, 6.07) is 16.9. The molecule has 0 spiro atoms. The van der Waals surface area contributed by atoms with Crippen molar-refractivity contribution in [2.45, 2.75) is 57.3 Å². The maximum absolute atomic E-state index is 14.8. The smallest absolute Gasteiger partial charge is 0.404 e. The van der Waals surface area contributed by atoms with E-state index in [1.807, 2.05) is 36.4 Å². The zero-order valence-electron chi connectivity index (χ0n) is 26.5. The Balaban J connectivity index is 2.05. The van der Waals surface area contributed by atoms with Gasteiger partial charge in [0.1, 0.15) is 11.6 Å². The lowest BCUT2D eigenvalue weighted by Gasteiger charge is -2.35. The molecule has 0 bridgehead atoms. The fourth-order valence-corrected chi connectivity index (χ4v) is 5.74. The topological polar surface area (TPSA) is 136 Å². The molecule has 0 saturated heterocycles. The van der Waals surface area contributed by atoms with Gasteiger partial charge in [-0.2, -0.15) is 0 Å². The molecule has 244 valence electrons. The quantitative estimate of drug-likeness (QED) is 0.0833. The summed E-state index contributed by atoms with van der Waals surface area (Å²) in [7, 11) is -8.53. The second kappa shape index (κ2) is 15.4. The number of amides is 1. The zero-order valence-corrected chi connectivity index (χ0v) is 29.3. The van der Waals surface area contributed by atoms with Gasteiger partial charge in [-0.1, -0.05) is 75.7 Å². The highest BCUT2D eigenvalue weighted by atomic mass is 31.2. The molecule has 2 aromatic carbocycles. The van der Waals surface area contributed by atoms with E-state index in [1.54, 1.807) is 24.4 Å². The summed E-state index contributed by atoms with van der Waals surface area (Å²) >= 11 is 0. The van der Waals surface area contributed by atoms with Crippen LogP contribution in [0.2, 0.25) is 51.4 Å². The zero-order chi connectivity index (χ0) is 33.3. The Bertz CT molecular complexity index is 1490. The van der Waals surface area contributed by atoms with Crippen LogP contribution < -0.4 is 9.84 Å². The van der Waals surface area contributed by atoms with Gasteiger partial charge in [0.2, 0.25) is 0 Å². The molecular weight excluding hydrogens is 634 g/mol. The third kappa shape index (κ3) is 12.6. The number of hydrogen-bond acceptors (Lipinski definition) is 7. The van der Waals surface area contributed by atoms with E-state index < -0.39 is 47.6 Å². The predicted octanol–water partition coefficient (Wildman–Crippen LogP) is 7.93. The number of carbonyl (C=O) groups is 1. The first kappa shape index (κ1) is 36.3. The lowest BCUT2D eigenvalue weighted by atomic mass is 10.1. The average Bonchev–Trinajstić information content (AvgIpc) is 2.92. The lowest BCUT2D eigenvalue weighted by molar-refractivity contribution is -0.364. The Kier molecular flexibility index (Phi) is 12.4. The molecule has 0 fully saturated rings. The Labute approximate surface area is 265 Å². The van der Waals surface area contributed by atoms with E-state index in [1.165, 1.54) is 0 Å². The number of phosphoric ester groups is 1. The van der Waals surface area contributed by atoms with Crippen molar-refractivity contribution in [3.8, 4) is 5.75 Å². The van der Waals surface area contributed by atoms with Crippen molar-refractivity contribution in [2.24, 2.45) is 0 Å². The molecule has 3 rings (SSSR count). The van der Waals surface area contributed by atoms with Gasteiger partial charge in [0.15, 0.2) is 0 Å². The van der Waals surface area contributed by atoms with Crippen LogP contribution in [0.4, 0.5) is 14.9 Å². The highest BCUT2D eigenvalue weighted by Crippen LogP contribution is 2.44. The largest absolute Gasteiger partial charge is 0.524 e. The van der Waals surface area contributed by atoms with Gasteiger partial charge in [-0.05, 0) is 54.1 Å². The van der Waals surface area contributed by atoms with Crippen molar-refractivity contribution in [2.75, 3.05) is 18.5 Å². The lowest BCUT2D eigenvalue weighted by Crippen LogP contribution is -2.42. The highest BCUT2D eigenvalue weighted by molar-refractivity contribution is 7.46. The second-order valence-corrected chi connectivity index (χ2v) is 25.2. The molecule has 0 saturated carbocycles. The number of nitrogens with one attached hydrogen (secondary N) is 1. The summed E-state index contributed by atoms with van der Waals surface area (Å²) in [4.78, 5) is 37.2. The van der Waals surface area contributed by atoms with Crippen molar-refractivity contribution in [1.29, 1.82) is 0 Å². The van der Waals surface area contributed by atoms with E-state index >= 15 is 0 Å². The van der Waals surface area contributed by atoms with E-state index in [0.717, 1.165) is 23.8 Å². The van der Waals surface area contributed by atoms with Crippen LogP contribution in [0.15, 0.2) is 66.9 Å². The van der Waals surface area contributed by atoms with Gasteiger partial charge in [0.05, 0.1) is 30.2 Å². The minimum Gasteiger partial charge on any atom is -0.404 e. The SMILES string of the molecule is C[Si](C)(C)CCOC(OCC[Si](C)(C)C)(OC(=O)Nc1cccnc1C=Cc1ccccc1)c1cc(F)ccc1OP(=O)(O)O. The third-order valence-electron chi connectivity index (χ3n) is 6.31. The number of aromatic nitrogens is 1. The maximum Gasteiger partial charge on any atom is 0.524 e. The van der Waals surface area contributed by atoms with E-state index in [4.69, 9.17) is 18.7 Å². The van der Waals surface area contributed by atoms with Crippen molar-refractivity contribution in [3.63, 3.8) is 0 Å². The molecule has 0 atom stereocenters. The van der Waals surface area contributed by atoms with E-state index in [9.17, 15) is 23.5 Å². The first-order valence-electron chi connectivity index (χ1n) is 14.5. The van der Waals surface area contributed by atoms with Gasteiger partial charge < -0.3 is 18.7 Å². The molecule has 1 heterocycles. The Morgan fingerprint density at radius 1 is 0.933 bits per heavy atom. The molecule has 14 heteroatoms. The maximum atomic E-state index is 14.8. The molecule has 3 aromatic rings. The molecule has 1 aromatic heterocycles.